The Balaban J connectivity index is 1.32. The number of hydrogen-bond donors (Lipinski definition) is 1. The van der Waals surface area contributed by atoms with Crippen molar-refractivity contribution in [2.75, 3.05) is 12.1 Å². The van der Waals surface area contributed by atoms with Crippen molar-refractivity contribution in [1.29, 1.82) is 0 Å². The minimum absolute atomic E-state index is 0.165. The molecule has 29 heavy (non-hydrogen) atoms. The van der Waals surface area contributed by atoms with Crippen LogP contribution in [0.3, 0.4) is 0 Å². The fraction of sp³-hybridized carbons (Fsp3) is 0.0909. The number of rotatable bonds is 5. The van der Waals surface area contributed by atoms with E-state index in [1.54, 1.807) is 30.0 Å². The van der Waals surface area contributed by atoms with E-state index in [2.05, 4.69) is 10.3 Å². The fourth-order valence-corrected chi connectivity index (χ4v) is 4.09. The lowest BCUT2D eigenvalue weighted by Gasteiger charge is -2.10. The Morgan fingerprint density at radius 1 is 1.07 bits per heavy atom. The fourth-order valence-electron chi connectivity index (χ4n) is 3.16. The lowest BCUT2D eigenvalue weighted by atomic mass is 10.2. The average molecular weight is 403 g/mol. The summed E-state index contributed by atoms with van der Waals surface area (Å²) in [5.41, 5.74) is 3.17. The molecule has 0 saturated carbocycles. The lowest BCUT2D eigenvalue weighted by Crippen LogP contribution is -2.12. The Morgan fingerprint density at radius 2 is 1.93 bits per heavy atom. The zero-order chi connectivity index (χ0) is 19.6. The molecule has 0 fully saturated rings. The number of amides is 1. The van der Waals surface area contributed by atoms with Gasteiger partial charge in [-0.2, -0.15) is 0 Å². The van der Waals surface area contributed by atoms with Crippen LogP contribution in [0.4, 0.5) is 5.69 Å². The molecule has 0 aliphatic carbocycles. The van der Waals surface area contributed by atoms with Gasteiger partial charge in [0.25, 0.3) is 5.91 Å². The SMILES string of the molecule is O=C(Nc1ccc2c(c1)OCO2)c1ccccc1SCc1cn2ccccc2n1. The molecule has 1 aliphatic rings. The molecular formula is C22H17N3O3S. The molecule has 0 radical (unpaired) electrons. The molecule has 2 aromatic carbocycles. The number of thioether (sulfide) groups is 1. The van der Waals surface area contributed by atoms with Gasteiger partial charge in [-0.1, -0.05) is 18.2 Å². The first-order chi connectivity index (χ1) is 14.3. The number of nitrogens with zero attached hydrogens (tertiary/aromatic N) is 2. The lowest BCUT2D eigenvalue weighted by molar-refractivity contribution is 0.102. The third-order valence-corrected chi connectivity index (χ3v) is 5.66. The number of nitrogens with one attached hydrogen (secondary N) is 1. The maximum atomic E-state index is 12.9. The summed E-state index contributed by atoms with van der Waals surface area (Å²) in [6.07, 6.45) is 3.99. The van der Waals surface area contributed by atoms with E-state index < -0.39 is 0 Å². The van der Waals surface area contributed by atoms with Gasteiger partial charge in [-0.15, -0.1) is 11.8 Å². The highest BCUT2D eigenvalue weighted by molar-refractivity contribution is 7.98. The predicted octanol–water partition coefficient (Wildman–Crippen LogP) is 4.61. The summed E-state index contributed by atoms with van der Waals surface area (Å²) in [7, 11) is 0. The van der Waals surface area contributed by atoms with Crippen molar-refractivity contribution < 1.29 is 14.3 Å². The van der Waals surface area contributed by atoms with Crippen LogP contribution in [0.15, 0.2) is 78.0 Å². The number of pyridine rings is 1. The van der Waals surface area contributed by atoms with E-state index in [9.17, 15) is 4.79 Å². The van der Waals surface area contributed by atoms with E-state index in [4.69, 9.17) is 9.47 Å². The summed E-state index contributed by atoms with van der Waals surface area (Å²) in [4.78, 5) is 18.4. The Labute approximate surface area is 171 Å². The number of fused-ring (bicyclic) bond motifs is 2. The van der Waals surface area contributed by atoms with Crippen LogP contribution in [0.5, 0.6) is 11.5 Å². The first-order valence-electron chi connectivity index (χ1n) is 9.12. The largest absolute Gasteiger partial charge is 0.454 e. The second kappa shape index (κ2) is 7.52. The molecule has 4 aromatic rings. The molecular weight excluding hydrogens is 386 g/mol. The molecule has 0 unspecified atom stereocenters. The van der Waals surface area contributed by atoms with Crippen LogP contribution in [-0.2, 0) is 5.75 Å². The third-order valence-electron chi connectivity index (χ3n) is 4.55. The molecule has 0 spiro atoms. The highest BCUT2D eigenvalue weighted by Gasteiger charge is 2.16. The van der Waals surface area contributed by atoms with Crippen molar-refractivity contribution in [3.05, 3.63) is 84.3 Å². The van der Waals surface area contributed by atoms with Gasteiger partial charge in [-0.25, -0.2) is 4.98 Å². The standard InChI is InChI=1S/C22H17N3O3S/c26-22(24-15-8-9-18-19(11-15)28-14-27-18)17-5-1-2-6-20(17)29-13-16-12-25-10-4-3-7-21(25)23-16/h1-12H,13-14H2,(H,24,26). The molecule has 0 bridgehead atoms. The van der Waals surface area contributed by atoms with Crippen LogP contribution in [0.1, 0.15) is 16.1 Å². The van der Waals surface area contributed by atoms with E-state index in [-0.39, 0.29) is 12.7 Å². The first kappa shape index (κ1) is 17.6. The molecule has 7 heteroatoms. The Bertz CT molecular complexity index is 1170. The Hall–Kier alpha value is -3.45. The van der Waals surface area contributed by atoms with Crippen LogP contribution >= 0.6 is 11.8 Å². The number of ether oxygens (including phenoxy) is 2. The maximum Gasteiger partial charge on any atom is 0.256 e. The molecule has 2 aromatic heterocycles. The molecule has 144 valence electrons. The van der Waals surface area contributed by atoms with Crippen LogP contribution in [0.25, 0.3) is 5.65 Å². The maximum absolute atomic E-state index is 12.9. The molecule has 1 aliphatic heterocycles. The van der Waals surface area contributed by atoms with Crippen molar-refractivity contribution in [2.45, 2.75) is 10.6 Å². The number of imidazole rings is 1. The number of hydrogen-bond acceptors (Lipinski definition) is 5. The summed E-state index contributed by atoms with van der Waals surface area (Å²) < 4.78 is 12.7. The van der Waals surface area contributed by atoms with Crippen molar-refractivity contribution in [1.82, 2.24) is 9.38 Å². The van der Waals surface area contributed by atoms with Crippen molar-refractivity contribution in [3.63, 3.8) is 0 Å². The predicted molar refractivity (Wildman–Crippen MR) is 112 cm³/mol. The van der Waals surface area contributed by atoms with Crippen LogP contribution < -0.4 is 14.8 Å². The van der Waals surface area contributed by atoms with Crippen LogP contribution in [0.2, 0.25) is 0 Å². The summed E-state index contributed by atoms with van der Waals surface area (Å²) in [5, 5.41) is 2.94. The molecule has 0 saturated heterocycles. The smallest absolute Gasteiger partial charge is 0.256 e. The average Bonchev–Trinajstić information content (AvgIpc) is 3.38. The van der Waals surface area contributed by atoms with Gasteiger partial charge in [0.2, 0.25) is 6.79 Å². The van der Waals surface area contributed by atoms with Crippen molar-refractivity contribution in [3.8, 4) is 11.5 Å². The topological polar surface area (TPSA) is 64.9 Å². The van der Waals surface area contributed by atoms with Gasteiger partial charge in [-0.3, -0.25) is 4.79 Å². The van der Waals surface area contributed by atoms with E-state index in [1.807, 2.05) is 59.3 Å². The minimum atomic E-state index is -0.165. The van der Waals surface area contributed by atoms with Crippen LogP contribution in [-0.4, -0.2) is 22.1 Å². The van der Waals surface area contributed by atoms with Gasteiger partial charge in [0.15, 0.2) is 11.5 Å². The highest BCUT2D eigenvalue weighted by atomic mass is 32.2. The Morgan fingerprint density at radius 3 is 2.86 bits per heavy atom. The first-order valence-corrected chi connectivity index (χ1v) is 10.1. The van der Waals surface area contributed by atoms with Crippen molar-refractivity contribution in [2.24, 2.45) is 0 Å². The second-order valence-electron chi connectivity index (χ2n) is 6.51. The highest BCUT2D eigenvalue weighted by Crippen LogP contribution is 2.34. The molecule has 3 heterocycles. The van der Waals surface area contributed by atoms with E-state index >= 15 is 0 Å². The van der Waals surface area contributed by atoms with Gasteiger partial charge in [0.05, 0.1) is 11.3 Å². The summed E-state index contributed by atoms with van der Waals surface area (Å²) in [6.45, 7) is 0.204. The minimum Gasteiger partial charge on any atom is -0.454 e. The summed E-state index contributed by atoms with van der Waals surface area (Å²) in [5.74, 6) is 1.83. The number of carbonyl (C=O) groups excluding carboxylic acids is 1. The van der Waals surface area contributed by atoms with Crippen molar-refractivity contribution >= 4 is 29.0 Å². The van der Waals surface area contributed by atoms with Gasteiger partial charge < -0.3 is 19.2 Å². The van der Waals surface area contributed by atoms with Gasteiger partial charge in [0, 0.05) is 34.8 Å². The molecule has 5 rings (SSSR count). The molecule has 1 N–H and O–H groups in total. The van der Waals surface area contributed by atoms with Gasteiger partial charge in [0.1, 0.15) is 5.65 Å². The number of anilines is 1. The summed E-state index contributed by atoms with van der Waals surface area (Å²) in [6, 6.07) is 18.9. The number of benzene rings is 2. The normalized spacial score (nSPS) is 12.3. The van der Waals surface area contributed by atoms with E-state index in [0.717, 1.165) is 16.2 Å². The van der Waals surface area contributed by atoms with E-state index in [1.165, 1.54) is 0 Å². The van der Waals surface area contributed by atoms with Gasteiger partial charge >= 0.3 is 0 Å². The quantitative estimate of drug-likeness (QED) is 0.493. The molecule has 0 atom stereocenters. The van der Waals surface area contributed by atoms with E-state index in [0.29, 0.717) is 28.5 Å². The second-order valence-corrected chi connectivity index (χ2v) is 7.52. The summed E-state index contributed by atoms with van der Waals surface area (Å²) >= 11 is 1.59. The van der Waals surface area contributed by atoms with Crippen LogP contribution in [0, 0.1) is 0 Å². The van der Waals surface area contributed by atoms with Gasteiger partial charge in [-0.05, 0) is 36.4 Å². The third kappa shape index (κ3) is 3.64. The zero-order valence-electron chi connectivity index (χ0n) is 15.4. The zero-order valence-corrected chi connectivity index (χ0v) is 16.2. The molecule has 1 amide bonds. The monoisotopic (exact) mass is 403 g/mol. The number of aromatic nitrogens is 2. The number of carbonyl (C=O) groups is 1. The molecule has 6 nitrogen and oxygen atoms in total. The Kier molecular flexibility index (Phi) is 4.57.